The van der Waals surface area contributed by atoms with Gasteiger partial charge in [0, 0.05) is 12.1 Å². The predicted octanol–water partition coefficient (Wildman–Crippen LogP) is 1.98. The summed E-state index contributed by atoms with van der Waals surface area (Å²) in [7, 11) is 0. The molecule has 2 rings (SSSR count). The third kappa shape index (κ3) is 3.87. The first-order valence-electron chi connectivity index (χ1n) is 7.11. The highest BCUT2D eigenvalue weighted by atomic mass is 16.2. The first kappa shape index (κ1) is 15.2. The molecule has 1 aromatic heterocycles. The van der Waals surface area contributed by atoms with Gasteiger partial charge in [0.15, 0.2) is 0 Å². The summed E-state index contributed by atoms with van der Waals surface area (Å²) in [4.78, 5) is 13.4. The van der Waals surface area contributed by atoms with E-state index < -0.39 is 6.04 Å². The van der Waals surface area contributed by atoms with Crippen molar-refractivity contribution in [1.29, 1.82) is 0 Å². The van der Waals surface area contributed by atoms with Crippen molar-refractivity contribution in [2.45, 2.75) is 33.7 Å². The molecular formula is C15H21N5O. The highest BCUT2D eigenvalue weighted by Gasteiger charge is 2.18. The van der Waals surface area contributed by atoms with Crippen molar-refractivity contribution in [1.82, 2.24) is 25.5 Å². The first-order valence-corrected chi connectivity index (χ1v) is 7.11. The van der Waals surface area contributed by atoms with Crippen LogP contribution in [0.2, 0.25) is 0 Å². The van der Waals surface area contributed by atoms with Gasteiger partial charge in [-0.2, -0.15) is 4.80 Å². The molecule has 1 atom stereocenters. The predicted molar refractivity (Wildman–Crippen MR) is 80.5 cm³/mol. The second-order valence-corrected chi connectivity index (χ2v) is 5.61. The van der Waals surface area contributed by atoms with Crippen molar-refractivity contribution < 1.29 is 4.79 Å². The van der Waals surface area contributed by atoms with Crippen molar-refractivity contribution in [2.75, 3.05) is 6.54 Å². The number of nitrogens with zero attached hydrogens (tertiary/aromatic N) is 4. The average Bonchev–Trinajstić information content (AvgIpc) is 2.94. The summed E-state index contributed by atoms with van der Waals surface area (Å²) < 4.78 is 0. The lowest BCUT2D eigenvalue weighted by Crippen LogP contribution is -2.34. The van der Waals surface area contributed by atoms with Gasteiger partial charge in [-0.1, -0.05) is 43.7 Å². The standard InChI is InChI=1S/C15H21N5O/c1-10(2)9-16-15(21)12(4)20-18-14(17-19-20)13-7-5-11(3)6-8-13/h5-8,10,12H,9H2,1-4H3,(H,16,21). The zero-order valence-electron chi connectivity index (χ0n) is 12.9. The molecule has 1 aromatic carbocycles. The Morgan fingerprint density at radius 1 is 1.24 bits per heavy atom. The van der Waals surface area contributed by atoms with Crippen molar-refractivity contribution in [2.24, 2.45) is 5.92 Å². The Bertz CT molecular complexity index is 603. The van der Waals surface area contributed by atoms with E-state index in [1.165, 1.54) is 10.4 Å². The van der Waals surface area contributed by atoms with E-state index in [1.54, 1.807) is 6.92 Å². The van der Waals surface area contributed by atoms with E-state index in [0.29, 0.717) is 18.3 Å². The van der Waals surface area contributed by atoms with Gasteiger partial charge in [0.1, 0.15) is 6.04 Å². The average molecular weight is 287 g/mol. The number of aromatic nitrogens is 4. The highest BCUT2D eigenvalue weighted by molar-refractivity contribution is 5.79. The smallest absolute Gasteiger partial charge is 0.246 e. The van der Waals surface area contributed by atoms with Gasteiger partial charge in [-0.05, 0) is 25.0 Å². The van der Waals surface area contributed by atoms with E-state index in [-0.39, 0.29) is 5.91 Å². The molecule has 0 aliphatic rings. The third-order valence-corrected chi connectivity index (χ3v) is 3.15. The molecule has 1 heterocycles. The van der Waals surface area contributed by atoms with Gasteiger partial charge in [0.2, 0.25) is 11.7 Å². The number of amides is 1. The minimum Gasteiger partial charge on any atom is -0.354 e. The van der Waals surface area contributed by atoms with E-state index in [4.69, 9.17) is 0 Å². The van der Waals surface area contributed by atoms with Gasteiger partial charge in [-0.3, -0.25) is 4.79 Å². The number of nitrogens with one attached hydrogen (secondary N) is 1. The monoisotopic (exact) mass is 287 g/mol. The summed E-state index contributed by atoms with van der Waals surface area (Å²) in [5.41, 5.74) is 2.06. The zero-order chi connectivity index (χ0) is 15.4. The molecule has 6 nitrogen and oxygen atoms in total. The molecule has 6 heteroatoms. The maximum Gasteiger partial charge on any atom is 0.246 e. The molecule has 0 aliphatic carbocycles. The van der Waals surface area contributed by atoms with Gasteiger partial charge in [-0.25, -0.2) is 0 Å². The number of benzene rings is 1. The second-order valence-electron chi connectivity index (χ2n) is 5.61. The summed E-state index contributed by atoms with van der Waals surface area (Å²) in [6, 6.07) is 7.40. The van der Waals surface area contributed by atoms with E-state index in [9.17, 15) is 4.79 Å². The van der Waals surface area contributed by atoms with Crippen LogP contribution in [0.5, 0.6) is 0 Å². The molecular weight excluding hydrogens is 266 g/mol. The quantitative estimate of drug-likeness (QED) is 0.912. The molecule has 1 amide bonds. The third-order valence-electron chi connectivity index (χ3n) is 3.15. The van der Waals surface area contributed by atoms with E-state index in [0.717, 1.165) is 5.56 Å². The molecule has 2 aromatic rings. The van der Waals surface area contributed by atoms with Gasteiger partial charge in [0.25, 0.3) is 0 Å². The molecule has 1 unspecified atom stereocenters. The van der Waals surface area contributed by atoms with Gasteiger partial charge in [-0.15, -0.1) is 10.2 Å². The molecule has 0 bridgehead atoms. The van der Waals surface area contributed by atoms with Crippen molar-refractivity contribution in [3.63, 3.8) is 0 Å². The molecule has 21 heavy (non-hydrogen) atoms. The summed E-state index contributed by atoms with van der Waals surface area (Å²) in [5.74, 6) is 0.836. The van der Waals surface area contributed by atoms with Crippen LogP contribution in [0.4, 0.5) is 0 Å². The number of aryl methyl sites for hydroxylation is 1. The Balaban J connectivity index is 2.08. The summed E-state index contributed by atoms with van der Waals surface area (Å²) >= 11 is 0. The van der Waals surface area contributed by atoms with Crippen LogP contribution in [0.3, 0.4) is 0 Å². The topological polar surface area (TPSA) is 72.7 Å². The highest BCUT2D eigenvalue weighted by Crippen LogP contribution is 2.15. The summed E-state index contributed by atoms with van der Waals surface area (Å²) in [5, 5.41) is 15.2. The fourth-order valence-electron chi connectivity index (χ4n) is 1.76. The fraction of sp³-hybridized carbons (Fsp3) is 0.467. The minimum absolute atomic E-state index is 0.100. The van der Waals surface area contributed by atoms with Crippen LogP contribution in [0.25, 0.3) is 11.4 Å². The Labute approximate surface area is 124 Å². The summed E-state index contributed by atoms with van der Waals surface area (Å²) in [6.07, 6.45) is 0. The molecule has 0 radical (unpaired) electrons. The van der Waals surface area contributed by atoms with Crippen molar-refractivity contribution in [3.05, 3.63) is 29.8 Å². The lowest BCUT2D eigenvalue weighted by Gasteiger charge is -2.12. The van der Waals surface area contributed by atoms with Crippen LogP contribution in [0.15, 0.2) is 24.3 Å². The number of rotatable bonds is 5. The van der Waals surface area contributed by atoms with Crippen LogP contribution < -0.4 is 5.32 Å². The Hall–Kier alpha value is -2.24. The van der Waals surface area contributed by atoms with Crippen LogP contribution in [0.1, 0.15) is 32.4 Å². The molecule has 0 fully saturated rings. The number of hydrogen-bond acceptors (Lipinski definition) is 4. The summed E-state index contributed by atoms with van der Waals surface area (Å²) in [6.45, 7) is 8.52. The molecule has 0 spiro atoms. The van der Waals surface area contributed by atoms with Crippen LogP contribution in [-0.4, -0.2) is 32.7 Å². The number of hydrogen-bond donors (Lipinski definition) is 1. The van der Waals surface area contributed by atoms with Crippen LogP contribution >= 0.6 is 0 Å². The van der Waals surface area contributed by atoms with Crippen molar-refractivity contribution >= 4 is 5.91 Å². The lowest BCUT2D eigenvalue weighted by atomic mass is 10.1. The number of carbonyl (C=O) groups excluding carboxylic acids is 1. The van der Waals surface area contributed by atoms with Crippen LogP contribution in [-0.2, 0) is 4.79 Å². The maximum absolute atomic E-state index is 12.0. The molecule has 0 saturated heterocycles. The molecule has 1 N–H and O–H groups in total. The van der Waals surface area contributed by atoms with Crippen LogP contribution in [0, 0.1) is 12.8 Å². The Morgan fingerprint density at radius 2 is 1.90 bits per heavy atom. The van der Waals surface area contributed by atoms with Gasteiger partial charge >= 0.3 is 0 Å². The number of tetrazole rings is 1. The normalized spacial score (nSPS) is 12.4. The maximum atomic E-state index is 12.0. The Morgan fingerprint density at radius 3 is 2.52 bits per heavy atom. The second kappa shape index (κ2) is 6.47. The molecule has 0 saturated carbocycles. The van der Waals surface area contributed by atoms with Crippen molar-refractivity contribution in [3.8, 4) is 11.4 Å². The molecule has 112 valence electrons. The van der Waals surface area contributed by atoms with Gasteiger partial charge < -0.3 is 5.32 Å². The Kier molecular flexibility index (Phi) is 4.67. The first-order chi connectivity index (χ1) is 9.97. The number of carbonyl (C=O) groups is 1. The SMILES string of the molecule is Cc1ccc(-c2nnn(C(C)C(=O)NCC(C)C)n2)cc1. The van der Waals surface area contributed by atoms with E-state index in [2.05, 4.69) is 20.7 Å². The fourth-order valence-corrected chi connectivity index (χ4v) is 1.76. The van der Waals surface area contributed by atoms with Gasteiger partial charge in [0.05, 0.1) is 0 Å². The van der Waals surface area contributed by atoms with E-state index >= 15 is 0 Å². The van der Waals surface area contributed by atoms with E-state index in [1.807, 2.05) is 45.0 Å². The largest absolute Gasteiger partial charge is 0.354 e. The minimum atomic E-state index is -0.476. The lowest BCUT2D eigenvalue weighted by molar-refractivity contribution is -0.124. The molecule has 0 aliphatic heterocycles. The zero-order valence-corrected chi connectivity index (χ0v) is 12.9.